The number of carbonyl (C=O) groups is 2. The summed E-state index contributed by atoms with van der Waals surface area (Å²) in [6, 6.07) is 7.00. The summed E-state index contributed by atoms with van der Waals surface area (Å²) in [6.07, 6.45) is 1.86. The molecule has 1 aromatic rings. The second-order valence-corrected chi connectivity index (χ2v) is 6.15. The molecule has 2 rings (SSSR count). The normalized spacial score (nSPS) is 16.2. The number of hydrogen-bond acceptors (Lipinski definition) is 6. The maximum absolute atomic E-state index is 11.1. The van der Waals surface area contributed by atoms with E-state index in [1.54, 1.807) is 12.1 Å². The van der Waals surface area contributed by atoms with Crippen molar-refractivity contribution in [3.05, 3.63) is 29.8 Å². The molecule has 0 amide bonds. The predicted molar refractivity (Wildman–Crippen MR) is 87.3 cm³/mol. The van der Waals surface area contributed by atoms with Gasteiger partial charge in [-0.2, -0.15) is 0 Å². The fraction of sp³-hybridized carbons (Fsp3) is 0.529. The minimum atomic E-state index is -0.873. The topological polar surface area (TPSA) is 90.3 Å². The van der Waals surface area contributed by atoms with Crippen LogP contribution < -0.4 is 0 Å². The van der Waals surface area contributed by atoms with Gasteiger partial charge in [-0.15, -0.1) is 0 Å². The van der Waals surface area contributed by atoms with E-state index < -0.39 is 5.97 Å². The van der Waals surface area contributed by atoms with Gasteiger partial charge in [-0.05, 0) is 24.8 Å². The fourth-order valence-corrected chi connectivity index (χ4v) is 3.06. The molecule has 1 saturated heterocycles. The molecule has 0 aliphatic carbocycles. The summed E-state index contributed by atoms with van der Waals surface area (Å²) in [6.45, 7) is 3.45. The van der Waals surface area contributed by atoms with Gasteiger partial charge in [-0.25, -0.2) is 0 Å². The Bertz CT molecular complexity index is 544. The number of aromatic hydroxyl groups is 1. The first kappa shape index (κ1) is 18.2. The number of phenolic OH excluding ortho intramolecular Hbond substituents is 1. The van der Waals surface area contributed by atoms with Gasteiger partial charge in [0.15, 0.2) is 0 Å². The zero-order valence-corrected chi connectivity index (χ0v) is 13.6. The predicted octanol–water partition coefficient (Wildman–Crippen LogP) is 1.12. The molecule has 0 radical (unpaired) electrons. The van der Waals surface area contributed by atoms with Gasteiger partial charge < -0.3 is 14.9 Å². The molecule has 0 bridgehead atoms. The lowest BCUT2D eigenvalue weighted by Gasteiger charge is -2.33. The number of carbonyl (C=O) groups excluding carboxylic acids is 1. The molecule has 0 unspecified atom stereocenters. The van der Waals surface area contributed by atoms with Gasteiger partial charge in [0.25, 0.3) is 6.47 Å². The van der Waals surface area contributed by atoms with Crippen molar-refractivity contribution in [2.24, 2.45) is 5.92 Å². The Balaban J connectivity index is 1.89. The van der Waals surface area contributed by atoms with Crippen LogP contribution in [0.2, 0.25) is 0 Å². The summed E-state index contributed by atoms with van der Waals surface area (Å²) in [5.74, 6) is -0.293. The quantitative estimate of drug-likeness (QED) is 0.653. The number of likely N-dealkylation sites (tertiary alicyclic amines) is 1. The summed E-state index contributed by atoms with van der Waals surface area (Å²) >= 11 is 0. The summed E-state index contributed by atoms with van der Waals surface area (Å²) in [5.41, 5.74) is 0.732. The van der Waals surface area contributed by atoms with Gasteiger partial charge in [0, 0.05) is 31.7 Å². The molecule has 1 heterocycles. The van der Waals surface area contributed by atoms with Crippen LogP contribution >= 0.6 is 0 Å². The SMILES string of the molecule is O=COCN1CCC(CN(CC(=O)O)Cc2ccccc2O)CC1. The third-order valence-corrected chi connectivity index (χ3v) is 4.29. The number of carboxylic acids is 1. The molecule has 24 heavy (non-hydrogen) atoms. The number of carboxylic acid groups (broad SMARTS) is 1. The van der Waals surface area contributed by atoms with Crippen molar-refractivity contribution in [2.45, 2.75) is 19.4 Å². The summed E-state index contributed by atoms with van der Waals surface area (Å²) in [7, 11) is 0. The highest BCUT2D eigenvalue weighted by Gasteiger charge is 2.23. The van der Waals surface area contributed by atoms with Crippen LogP contribution in [0.4, 0.5) is 0 Å². The van der Waals surface area contributed by atoms with Gasteiger partial charge in [-0.3, -0.25) is 19.4 Å². The lowest BCUT2D eigenvalue weighted by molar-refractivity contribution is -0.138. The smallest absolute Gasteiger partial charge is 0.317 e. The monoisotopic (exact) mass is 336 g/mol. The van der Waals surface area contributed by atoms with Crippen LogP contribution in [0.3, 0.4) is 0 Å². The molecule has 2 N–H and O–H groups in total. The number of ether oxygens (including phenoxy) is 1. The van der Waals surface area contributed by atoms with Gasteiger partial charge in [0.05, 0.1) is 6.54 Å². The molecule has 1 aliphatic rings. The first-order valence-corrected chi connectivity index (χ1v) is 8.07. The number of para-hydroxylation sites is 1. The Labute approximate surface area is 141 Å². The maximum atomic E-state index is 11.1. The molecule has 0 saturated carbocycles. The number of benzene rings is 1. The summed E-state index contributed by atoms with van der Waals surface area (Å²) < 4.78 is 4.76. The van der Waals surface area contributed by atoms with Crippen molar-refractivity contribution in [1.82, 2.24) is 9.80 Å². The lowest BCUT2D eigenvalue weighted by atomic mass is 9.96. The Morgan fingerprint density at radius 2 is 2.04 bits per heavy atom. The average Bonchev–Trinajstić information content (AvgIpc) is 2.56. The zero-order chi connectivity index (χ0) is 17.4. The lowest BCUT2D eigenvalue weighted by Crippen LogP contribution is -2.40. The van der Waals surface area contributed by atoms with Crippen molar-refractivity contribution < 1.29 is 24.5 Å². The van der Waals surface area contributed by atoms with Crippen molar-refractivity contribution >= 4 is 12.4 Å². The standard InChI is InChI=1S/C17H24N2O5/c20-13-24-12-18-7-5-14(6-8-18)9-19(11-17(22)23)10-15-3-1-2-4-16(15)21/h1-4,13-14,21H,5-12H2,(H,22,23). The summed E-state index contributed by atoms with van der Waals surface area (Å²) in [5, 5.41) is 19.0. The molecule has 132 valence electrons. The highest BCUT2D eigenvalue weighted by molar-refractivity contribution is 5.69. The van der Waals surface area contributed by atoms with Crippen LogP contribution in [0.1, 0.15) is 18.4 Å². The van der Waals surface area contributed by atoms with E-state index in [0.29, 0.717) is 32.2 Å². The maximum Gasteiger partial charge on any atom is 0.317 e. The van der Waals surface area contributed by atoms with Crippen LogP contribution in [0.25, 0.3) is 0 Å². The Morgan fingerprint density at radius 3 is 2.67 bits per heavy atom. The highest BCUT2D eigenvalue weighted by Crippen LogP contribution is 2.22. The second-order valence-electron chi connectivity index (χ2n) is 6.15. The Morgan fingerprint density at radius 1 is 1.33 bits per heavy atom. The van der Waals surface area contributed by atoms with E-state index in [9.17, 15) is 14.7 Å². The van der Waals surface area contributed by atoms with Crippen LogP contribution in [0, 0.1) is 5.92 Å². The Kier molecular flexibility index (Phi) is 7.02. The largest absolute Gasteiger partial charge is 0.508 e. The minimum absolute atomic E-state index is 0.0528. The second kappa shape index (κ2) is 9.24. The number of nitrogens with zero attached hydrogens (tertiary/aromatic N) is 2. The van der Waals surface area contributed by atoms with Gasteiger partial charge in [0.1, 0.15) is 12.5 Å². The molecule has 0 spiro atoms. The van der Waals surface area contributed by atoms with E-state index in [2.05, 4.69) is 4.90 Å². The van der Waals surface area contributed by atoms with E-state index in [4.69, 9.17) is 9.84 Å². The molecule has 1 aliphatic heterocycles. The number of aliphatic carboxylic acids is 1. The third kappa shape index (κ3) is 5.82. The number of piperidine rings is 1. The van der Waals surface area contributed by atoms with Gasteiger partial charge >= 0.3 is 5.97 Å². The van der Waals surface area contributed by atoms with E-state index in [1.807, 2.05) is 17.0 Å². The van der Waals surface area contributed by atoms with E-state index in [0.717, 1.165) is 31.5 Å². The average molecular weight is 336 g/mol. The summed E-state index contributed by atoms with van der Waals surface area (Å²) in [4.78, 5) is 25.3. The van der Waals surface area contributed by atoms with Gasteiger partial charge in [-0.1, -0.05) is 18.2 Å². The number of phenols is 1. The Hall–Kier alpha value is -2.12. The molecule has 1 fully saturated rings. The minimum Gasteiger partial charge on any atom is -0.508 e. The molecule has 0 atom stereocenters. The molecule has 7 heteroatoms. The molecule has 7 nitrogen and oxygen atoms in total. The van der Waals surface area contributed by atoms with Crippen LogP contribution in [-0.2, 0) is 20.9 Å². The van der Waals surface area contributed by atoms with E-state index in [-0.39, 0.29) is 12.3 Å². The molecule has 1 aromatic carbocycles. The zero-order valence-electron chi connectivity index (χ0n) is 13.6. The highest BCUT2D eigenvalue weighted by atomic mass is 16.5. The van der Waals surface area contributed by atoms with Crippen molar-refractivity contribution in [3.8, 4) is 5.75 Å². The first-order chi connectivity index (χ1) is 11.6. The van der Waals surface area contributed by atoms with Crippen molar-refractivity contribution in [1.29, 1.82) is 0 Å². The number of rotatable bonds is 9. The van der Waals surface area contributed by atoms with E-state index in [1.165, 1.54) is 0 Å². The van der Waals surface area contributed by atoms with Crippen molar-refractivity contribution in [2.75, 3.05) is 32.9 Å². The van der Waals surface area contributed by atoms with Gasteiger partial charge in [0.2, 0.25) is 0 Å². The fourth-order valence-electron chi connectivity index (χ4n) is 3.06. The van der Waals surface area contributed by atoms with Crippen LogP contribution in [0.5, 0.6) is 5.75 Å². The van der Waals surface area contributed by atoms with Crippen molar-refractivity contribution in [3.63, 3.8) is 0 Å². The molecular formula is C17H24N2O5. The molecular weight excluding hydrogens is 312 g/mol. The van der Waals surface area contributed by atoms with E-state index >= 15 is 0 Å². The molecule has 0 aromatic heterocycles. The van der Waals surface area contributed by atoms with Crippen LogP contribution in [0.15, 0.2) is 24.3 Å². The van der Waals surface area contributed by atoms with Crippen LogP contribution in [-0.4, -0.2) is 65.4 Å². The first-order valence-electron chi connectivity index (χ1n) is 8.07. The number of hydrogen-bond donors (Lipinski definition) is 2. The third-order valence-electron chi connectivity index (χ3n) is 4.29.